The average molecular weight is 392 g/mol. The SMILES string of the molecule is Cc1ccc(S(=O)(=O)c2cc(N)c3c(c2N)C(=O)c2ccccc2C3=O)cc1. The molecule has 0 unspecified atom stereocenters. The summed E-state index contributed by atoms with van der Waals surface area (Å²) < 4.78 is 26.2. The Morgan fingerprint density at radius 1 is 0.786 bits per heavy atom. The summed E-state index contributed by atoms with van der Waals surface area (Å²) in [6, 6.07) is 13.7. The third-order valence-corrected chi connectivity index (χ3v) is 6.66. The van der Waals surface area contributed by atoms with E-state index in [4.69, 9.17) is 11.5 Å². The number of hydrogen-bond acceptors (Lipinski definition) is 6. The number of carbonyl (C=O) groups is 2. The minimum atomic E-state index is -4.03. The molecule has 0 saturated carbocycles. The first kappa shape index (κ1) is 17.9. The van der Waals surface area contributed by atoms with E-state index in [2.05, 4.69) is 0 Å². The van der Waals surface area contributed by atoms with E-state index in [0.717, 1.165) is 11.6 Å². The lowest BCUT2D eigenvalue weighted by Gasteiger charge is -2.22. The number of aryl methyl sites for hydroxylation is 1. The molecule has 0 fully saturated rings. The van der Waals surface area contributed by atoms with Crippen molar-refractivity contribution in [2.45, 2.75) is 16.7 Å². The minimum absolute atomic E-state index is 0.0270. The van der Waals surface area contributed by atoms with E-state index in [1.165, 1.54) is 24.3 Å². The summed E-state index contributed by atoms with van der Waals surface area (Å²) in [5.41, 5.74) is 12.9. The van der Waals surface area contributed by atoms with Gasteiger partial charge in [0.25, 0.3) is 0 Å². The molecule has 4 rings (SSSR count). The molecule has 0 saturated heterocycles. The fraction of sp³-hybridized carbons (Fsp3) is 0.0476. The number of sulfone groups is 1. The lowest BCUT2D eigenvalue weighted by molar-refractivity contribution is 0.0980. The van der Waals surface area contributed by atoms with E-state index >= 15 is 0 Å². The van der Waals surface area contributed by atoms with Crippen LogP contribution in [-0.4, -0.2) is 20.0 Å². The molecule has 0 radical (unpaired) electrons. The van der Waals surface area contributed by atoms with Crippen LogP contribution >= 0.6 is 0 Å². The molecule has 1 aliphatic carbocycles. The van der Waals surface area contributed by atoms with Gasteiger partial charge in [-0.3, -0.25) is 9.59 Å². The quantitative estimate of drug-likeness (QED) is 0.506. The van der Waals surface area contributed by atoms with Crippen LogP contribution in [-0.2, 0) is 9.84 Å². The second kappa shape index (κ2) is 6.03. The number of ketones is 2. The fourth-order valence-corrected chi connectivity index (χ4v) is 4.81. The number of benzene rings is 3. The Morgan fingerprint density at radius 3 is 1.89 bits per heavy atom. The summed E-state index contributed by atoms with van der Waals surface area (Å²) in [6.07, 6.45) is 0. The number of rotatable bonds is 2. The maximum Gasteiger partial charge on any atom is 0.208 e. The predicted molar refractivity (Wildman–Crippen MR) is 105 cm³/mol. The molecule has 3 aromatic carbocycles. The molecule has 1 aliphatic rings. The smallest absolute Gasteiger partial charge is 0.208 e. The van der Waals surface area contributed by atoms with Crippen molar-refractivity contribution in [3.63, 3.8) is 0 Å². The van der Waals surface area contributed by atoms with Crippen LogP contribution in [0, 0.1) is 6.92 Å². The van der Waals surface area contributed by atoms with Gasteiger partial charge in [-0.25, -0.2) is 8.42 Å². The summed E-state index contributed by atoms with van der Waals surface area (Å²) in [6.45, 7) is 1.84. The van der Waals surface area contributed by atoms with Crippen LogP contribution in [0.2, 0.25) is 0 Å². The van der Waals surface area contributed by atoms with E-state index in [0.29, 0.717) is 0 Å². The van der Waals surface area contributed by atoms with Gasteiger partial charge in [-0.05, 0) is 25.1 Å². The molecule has 0 heterocycles. The van der Waals surface area contributed by atoms with Gasteiger partial charge in [-0.1, -0.05) is 42.0 Å². The van der Waals surface area contributed by atoms with Crippen LogP contribution in [0.1, 0.15) is 37.4 Å². The molecular weight excluding hydrogens is 376 g/mol. The third kappa shape index (κ3) is 2.44. The van der Waals surface area contributed by atoms with Crippen molar-refractivity contribution in [3.8, 4) is 0 Å². The third-order valence-electron chi connectivity index (χ3n) is 4.85. The standard InChI is InChI=1S/C21H16N2O4S/c1-11-6-8-12(9-7-11)28(26,27)16-10-15(22)17-18(19(16)23)21(25)14-5-3-2-4-13(14)20(17)24/h2-10H,22-23H2,1H3. The lowest BCUT2D eigenvalue weighted by atomic mass is 9.82. The van der Waals surface area contributed by atoms with Gasteiger partial charge in [0, 0.05) is 16.8 Å². The predicted octanol–water partition coefficient (Wildman–Crippen LogP) is 2.77. The van der Waals surface area contributed by atoms with E-state index in [-0.39, 0.29) is 43.4 Å². The van der Waals surface area contributed by atoms with Crippen molar-refractivity contribution < 1.29 is 18.0 Å². The van der Waals surface area contributed by atoms with E-state index in [9.17, 15) is 18.0 Å². The van der Waals surface area contributed by atoms with E-state index < -0.39 is 21.4 Å². The number of anilines is 2. The zero-order chi connectivity index (χ0) is 20.2. The highest BCUT2D eigenvalue weighted by Gasteiger charge is 2.36. The summed E-state index contributed by atoms with van der Waals surface area (Å²) in [7, 11) is -4.03. The first-order chi connectivity index (χ1) is 13.2. The van der Waals surface area contributed by atoms with Crippen LogP contribution in [0.15, 0.2) is 64.4 Å². The monoisotopic (exact) mass is 392 g/mol. The highest BCUT2D eigenvalue weighted by Crippen LogP contribution is 2.39. The molecular formula is C21H16N2O4S. The summed E-state index contributed by atoms with van der Waals surface area (Å²) in [5, 5.41) is 0. The topological polar surface area (TPSA) is 120 Å². The molecule has 0 spiro atoms. The second-order valence-electron chi connectivity index (χ2n) is 6.65. The molecule has 140 valence electrons. The lowest BCUT2D eigenvalue weighted by Crippen LogP contribution is -2.25. The van der Waals surface area contributed by atoms with Gasteiger partial charge in [0.2, 0.25) is 9.84 Å². The number of nitrogen functional groups attached to an aromatic ring is 2. The zero-order valence-corrected chi connectivity index (χ0v) is 15.7. The molecule has 0 aromatic heterocycles. The molecule has 6 nitrogen and oxygen atoms in total. The van der Waals surface area contributed by atoms with E-state index in [1.807, 2.05) is 6.92 Å². The van der Waals surface area contributed by atoms with Gasteiger partial charge >= 0.3 is 0 Å². The van der Waals surface area contributed by atoms with Gasteiger partial charge in [-0.2, -0.15) is 0 Å². The Bertz CT molecular complexity index is 1280. The largest absolute Gasteiger partial charge is 0.398 e. The van der Waals surface area contributed by atoms with Crippen molar-refractivity contribution in [3.05, 3.63) is 82.4 Å². The van der Waals surface area contributed by atoms with E-state index in [1.54, 1.807) is 24.3 Å². The van der Waals surface area contributed by atoms with Crippen molar-refractivity contribution in [1.82, 2.24) is 0 Å². The van der Waals surface area contributed by atoms with Crippen molar-refractivity contribution >= 4 is 32.8 Å². The Morgan fingerprint density at radius 2 is 1.32 bits per heavy atom. The molecule has 28 heavy (non-hydrogen) atoms. The van der Waals surface area contributed by atoms with Gasteiger partial charge in [-0.15, -0.1) is 0 Å². The summed E-state index contributed by atoms with van der Waals surface area (Å²) in [4.78, 5) is 25.6. The Balaban J connectivity index is 2.00. The Hall–Kier alpha value is -3.45. The van der Waals surface area contributed by atoms with Crippen LogP contribution in [0.25, 0.3) is 0 Å². The van der Waals surface area contributed by atoms with Gasteiger partial charge in [0.15, 0.2) is 11.6 Å². The molecule has 0 aliphatic heterocycles. The Kier molecular flexibility index (Phi) is 3.87. The van der Waals surface area contributed by atoms with Gasteiger partial charge in [0.1, 0.15) is 0 Å². The first-order valence-electron chi connectivity index (χ1n) is 8.45. The van der Waals surface area contributed by atoms with Crippen LogP contribution in [0.5, 0.6) is 0 Å². The molecule has 0 bridgehead atoms. The molecule has 0 atom stereocenters. The highest BCUT2D eigenvalue weighted by molar-refractivity contribution is 7.91. The maximum absolute atomic E-state index is 13.1. The minimum Gasteiger partial charge on any atom is -0.398 e. The van der Waals surface area contributed by atoms with Crippen LogP contribution in [0.3, 0.4) is 0 Å². The summed E-state index contributed by atoms with van der Waals surface area (Å²) >= 11 is 0. The number of carbonyl (C=O) groups excluding carboxylic acids is 2. The highest BCUT2D eigenvalue weighted by atomic mass is 32.2. The van der Waals surface area contributed by atoms with Crippen molar-refractivity contribution in [2.75, 3.05) is 11.5 Å². The zero-order valence-electron chi connectivity index (χ0n) is 14.9. The van der Waals surface area contributed by atoms with Crippen LogP contribution < -0.4 is 11.5 Å². The normalized spacial score (nSPS) is 13.2. The van der Waals surface area contributed by atoms with Crippen molar-refractivity contribution in [2.24, 2.45) is 0 Å². The maximum atomic E-state index is 13.1. The Labute approximate surface area is 161 Å². The van der Waals surface area contributed by atoms with Crippen molar-refractivity contribution in [1.29, 1.82) is 0 Å². The first-order valence-corrected chi connectivity index (χ1v) is 9.94. The molecule has 4 N–H and O–H groups in total. The fourth-order valence-electron chi connectivity index (χ4n) is 3.39. The number of hydrogen-bond donors (Lipinski definition) is 2. The average Bonchev–Trinajstić information content (AvgIpc) is 2.67. The number of fused-ring (bicyclic) bond motifs is 2. The summed E-state index contributed by atoms with van der Waals surface area (Å²) in [5.74, 6) is -0.968. The number of nitrogens with two attached hydrogens (primary N) is 2. The second-order valence-corrected chi connectivity index (χ2v) is 8.57. The molecule has 3 aromatic rings. The van der Waals surface area contributed by atoms with Gasteiger partial charge in [0.05, 0.1) is 26.6 Å². The molecule has 0 amide bonds. The van der Waals surface area contributed by atoms with Crippen LogP contribution in [0.4, 0.5) is 11.4 Å². The molecule has 7 heteroatoms. The van der Waals surface area contributed by atoms with Gasteiger partial charge < -0.3 is 11.5 Å².